The highest BCUT2D eigenvalue weighted by Crippen LogP contribution is 2.31. The largest absolute Gasteiger partial charge is 0.457 e. The SMILES string of the molecule is C[C@H](NC(=O)c1ccc(Oc2ccccc2)cc1)[C@H](c1cccs1)N1CCCC1. The lowest BCUT2D eigenvalue weighted by atomic mass is 10.1. The number of nitrogens with one attached hydrogen (secondary N) is 1. The van der Waals surface area contributed by atoms with Crippen molar-refractivity contribution in [1.29, 1.82) is 0 Å². The minimum absolute atomic E-state index is 0.0273. The third-order valence-corrected chi connectivity index (χ3v) is 6.24. The minimum Gasteiger partial charge on any atom is -0.457 e. The maximum Gasteiger partial charge on any atom is 0.251 e. The molecule has 0 spiro atoms. The van der Waals surface area contributed by atoms with Crippen LogP contribution in [-0.4, -0.2) is 29.9 Å². The molecule has 0 unspecified atom stereocenters. The summed E-state index contributed by atoms with van der Waals surface area (Å²) in [5.74, 6) is 1.45. The van der Waals surface area contributed by atoms with Crippen molar-refractivity contribution in [2.75, 3.05) is 13.1 Å². The lowest BCUT2D eigenvalue weighted by Crippen LogP contribution is -2.43. The Bertz CT molecular complexity index is 904. The molecule has 1 aromatic heterocycles. The van der Waals surface area contributed by atoms with Crippen LogP contribution < -0.4 is 10.1 Å². The van der Waals surface area contributed by atoms with E-state index in [0.717, 1.165) is 18.8 Å². The van der Waals surface area contributed by atoms with Crippen LogP contribution in [0.2, 0.25) is 0 Å². The number of benzene rings is 2. The molecule has 1 N–H and O–H groups in total. The van der Waals surface area contributed by atoms with Crippen molar-refractivity contribution >= 4 is 17.2 Å². The highest BCUT2D eigenvalue weighted by atomic mass is 32.1. The fourth-order valence-electron chi connectivity index (χ4n) is 3.89. The number of rotatable bonds is 7. The van der Waals surface area contributed by atoms with Crippen LogP contribution in [-0.2, 0) is 0 Å². The van der Waals surface area contributed by atoms with Gasteiger partial charge in [0.15, 0.2) is 0 Å². The summed E-state index contributed by atoms with van der Waals surface area (Å²) in [5.41, 5.74) is 0.642. The molecule has 4 rings (SSSR count). The van der Waals surface area contributed by atoms with Gasteiger partial charge in [-0.25, -0.2) is 0 Å². The second-order valence-corrected chi connectivity index (χ2v) is 8.38. The number of amides is 1. The third kappa shape index (κ3) is 4.86. The van der Waals surface area contributed by atoms with Crippen LogP contribution in [0.5, 0.6) is 11.5 Å². The molecule has 0 bridgehead atoms. The molecule has 2 atom stereocenters. The maximum atomic E-state index is 12.8. The molecule has 3 aromatic rings. The molecule has 29 heavy (non-hydrogen) atoms. The zero-order chi connectivity index (χ0) is 20.1. The molecule has 1 amide bonds. The van der Waals surface area contributed by atoms with Crippen molar-refractivity contribution in [3.8, 4) is 11.5 Å². The van der Waals surface area contributed by atoms with Crippen LogP contribution in [0.3, 0.4) is 0 Å². The highest BCUT2D eigenvalue weighted by Gasteiger charge is 2.30. The summed E-state index contributed by atoms with van der Waals surface area (Å²) in [7, 11) is 0. The number of likely N-dealkylation sites (tertiary alicyclic amines) is 1. The van der Waals surface area contributed by atoms with E-state index >= 15 is 0 Å². The number of carbonyl (C=O) groups excluding carboxylic acids is 1. The van der Waals surface area contributed by atoms with E-state index in [4.69, 9.17) is 4.74 Å². The van der Waals surface area contributed by atoms with Crippen LogP contribution in [0.4, 0.5) is 0 Å². The lowest BCUT2D eigenvalue weighted by Gasteiger charge is -2.32. The second kappa shape index (κ2) is 9.25. The number of para-hydroxylation sites is 1. The molecule has 2 aromatic carbocycles. The Morgan fingerprint density at radius 1 is 0.966 bits per heavy atom. The minimum atomic E-state index is -0.0514. The average molecular weight is 407 g/mol. The molecule has 1 aliphatic rings. The van der Waals surface area contributed by atoms with Crippen molar-refractivity contribution in [3.05, 3.63) is 82.6 Å². The van der Waals surface area contributed by atoms with Gasteiger partial charge in [0.1, 0.15) is 11.5 Å². The zero-order valence-corrected chi connectivity index (χ0v) is 17.4. The quantitative estimate of drug-likeness (QED) is 0.564. The molecular weight excluding hydrogens is 380 g/mol. The van der Waals surface area contributed by atoms with Gasteiger partial charge in [-0.1, -0.05) is 24.3 Å². The Kier molecular flexibility index (Phi) is 6.27. The van der Waals surface area contributed by atoms with Gasteiger partial charge in [0, 0.05) is 16.5 Å². The number of hydrogen-bond acceptors (Lipinski definition) is 4. The van der Waals surface area contributed by atoms with E-state index in [9.17, 15) is 4.79 Å². The van der Waals surface area contributed by atoms with Gasteiger partial charge in [-0.15, -0.1) is 11.3 Å². The summed E-state index contributed by atoms with van der Waals surface area (Å²) in [4.78, 5) is 16.7. The maximum absolute atomic E-state index is 12.8. The van der Waals surface area contributed by atoms with Gasteiger partial charge in [0.25, 0.3) is 5.91 Å². The van der Waals surface area contributed by atoms with Crippen molar-refractivity contribution in [2.24, 2.45) is 0 Å². The predicted octanol–water partition coefficient (Wildman–Crippen LogP) is 5.50. The Morgan fingerprint density at radius 3 is 2.31 bits per heavy atom. The van der Waals surface area contributed by atoms with E-state index in [2.05, 4.69) is 34.7 Å². The first kappa shape index (κ1) is 19.7. The van der Waals surface area contributed by atoms with Gasteiger partial charge < -0.3 is 10.1 Å². The highest BCUT2D eigenvalue weighted by molar-refractivity contribution is 7.10. The molecule has 5 heteroatoms. The van der Waals surface area contributed by atoms with Gasteiger partial charge in [0.2, 0.25) is 0 Å². The number of nitrogens with zero attached hydrogens (tertiary/aromatic N) is 1. The molecule has 0 aliphatic carbocycles. The Hall–Kier alpha value is -2.63. The summed E-state index contributed by atoms with van der Waals surface area (Å²) in [6, 6.07) is 21.5. The first-order valence-electron chi connectivity index (χ1n) is 10.1. The topological polar surface area (TPSA) is 41.6 Å². The standard InChI is InChI=1S/C24H26N2O2S/c1-18(23(22-10-7-17-29-22)26-15-5-6-16-26)25-24(27)19-11-13-21(14-12-19)28-20-8-3-2-4-9-20/h2-4,7-14,17-18,23H,5-6,15-16H2,1H3,(H,25,27)/t18-,23+/m0/s1. The van der Waals surface area contributed by atoms with E-state index in [1.54, 1.807) is 11.3 Å². The molecule has 1 saturated heterocycles. The van der Waals surface area contributed by atoms with Gasteiger partial charge in [0.05, 0.1) is 6.04 Å². The number of carbonyl (C=O) groups is 1. The van der Waals surface area contributed by atoms with Crippen LogP contribution in [0.15, 0.2) is 72.1 Å². The number of hydrogen-bond donors (Lipinski definition) is 1. The Labute approximate surface area is 176 Å². The smallest absolute Gasteiger partial charge is 0.251 e. The summed E-state index contributed by atoms with van der Waals surface area (Å²) in [6.45, 7) is 4.29. The molecule has 4 nitrogen and oxygen atoms in total. The first-order valence-corrected chi connectivity index (χ1v) is 11.0. The molecule has 0 saturated carbocycles. The number of ether oxygens (including phenoxy) is 1. The molecular formula is C24H26N2O2S. The van der Waals surface area contributed by atoms with E-state index in [-0.39, 0.29) is 18.0 Å². The second-order valence-electron chi connectivity index (χ2n) is 7.40. The van der Waals surface area contributed by atoms with Crippen molar-refractivity contribution in [1.82, 2.24) is 10.2 Å². The van der Waals surface area contributed by atoms with Crippen LogP contribution in [0, 0.1) is 0 Å². The lowest BCUT2D eigenvalue weighted by molar-refractivity contribution is 0.0908. The Morgan fingerprint density at radius 2 is 1.66 bits per heavy atom. The number of thiophene rings is 1. The summed E-state index contributed by atoms with van der Waals surface area (Å²) in [5, 5.41) is 5.33. The first-order chi connectivity index (χ1) is 14.2. The Balaban J connectivity index is 1.42. The fourth-order valence-corrected chi connectivity index (χ4v) is 4.85. The van der Waals surface area contributed by atoms with Gasteiger partial charge >= 0.3 is 0 Å². The third-order valence-electron chi connectivity index (χ3n) is 5.30. The molecule has 1 fully saturated rings. The molecule has 150 valence electrons. The van der Waals surface area contributed by atoms with Crippen molar-refractivity contribution in [2.45, 2.75) is 31.8 Å². The summed E-state index contributed by atoms with van der Waals surface area (Å²) in [6.07, 6.45) is 2.46. The molecule has 0 radical (unpaired) electrons. The molecule has 2 heterocycles. The molecule has 1 aliphatic heterocycles. The van der Waals surface area contributed by atoms with Gasteiger partial charge in [-0.3, -0.25) is 9.69 Å². The van der Waals surface area contributed by atoms with Crippen molar-refractivity contribution < 1.29 is 9.53 Å². The zero-order valence-electron chi connectivity index (χ0n) is 16.6. The summed E-state index contributed by atoms with van der Waals surface area (Å²) >= 11 is 1.76. The van der Waals surface area contributed by atoms with E-state index < -0.39 is 0 Å². The van der Waals surface area contributed by atoms with E-state index in [1.807, 2.05) is 54.6 Å². The summed E-state index contributed by atoms with van der Waals surface area (Å²) < 4.78 is 5.81. The van der Waals surface area contributed by atoms with Gasteiger partial charge in [-0.2, -0.15) is 0 Å². The van der Waals surface area contributed by atoms with Crippen LogP contribution >= 0.6 is 11.3 Å². The van der Waals surface area contributed by atoms with Gasteiger partial charge in [-0.05, 0) is 80.7 Å². The van der Waals surface area contributed by atoms with E-state index in [0.29, 0.717) is 11.3 Å². The van der Waals surface area contributed by atoms with Crippen molar-refractivity contribution in [3.63, 3.8) is 0 Å². The van der Waals surface area contributed by atoms with Crippen LogP contribution in [0.1, 0.15) is 41.0 Å². The normalized spacial score (nSPS) is 16.3. The fraction of sp³-hybridized carbons (Fsp3) is 0.292. The average Bonchev–Trinajstić information content (AvgIpc) is 3.44. The predicted molar refractivity (Wildman–Crippen MR) is 118 cm³/mol. The van der Waals surface area contributed by atoms with Crippen LogP contribution in [0.25, 0.3) is 0 Å². The van der Waals surface area contributed by atoms with E-state index in [1.165, 1.54) is 17.7 Å². The monoisotopic (exact) mass is 406 g/mol.